The highest BCUT2D eigenvalue weighted by atomic mass is 32.2. The minimum absolute atomic E-state index is 0.0128. The lowest BCUT2D eigenvalue weighted by molar-refractivity contribution is 0.484. The monoisotopic (exact) mass is 236 g/mol. The van der Waals surface area contributed by atoms with E-state index in [0.29, 0.717) is 0 Å². The smallest absolute Gasteiger partial charge is 0.340 e. The molecule has 0 bridgehead atoms. The molecule has 0 saturated carbocycles. The van der Waals surface area contributed by atoms with Crippen LogP contribution in [-0.2, 0) is 10.1 Å². The predicted octanol–water partition coefficient (Wildman–Crippen LogP) is 1.24. The third-order valence-corrected chi connectivity index (χ3v) is 2.99. The molecule has 82 valence electrons. The molecule has 0 N–H and O–H groups in total. The molecule has 2 heterocycles. The van der Waals surface area contributed by atoms with E-state index < -0.39 is 10.1 Å². The second-order valence-electron chi connectivity index (χ2n) is 2.91. The largest absolute Gasteiger partial charge is 0.377 e. The van der Waals surface area contributed by atoms with Gasteiger partial charge in [-0.2, -0.15) is 8.42 Å². The average molecular weight is 236 g/mol. The Morgan fingerprint density at radius 2 is 1.69 bits per heavy atom. The fraction of sp³-hybridized carbons (Fsp3) is 0. The zero-order chi connectivity index (χ0) is 11.4. The minimum Gasteiger partial charge on any atom is -0.377 e. The highest BCUT2D eigenvalue weighted by Crippen LogP contribution is 2.15. The molecule has 0 amide bonds. The topological polar surface area (TPSA) is 69.2 Å². The van der Waals surface area contributed by atoms with Gasteiger partial charge in [0.15, 0.2) is 5.75 Å². The van der Waals surface area contributed by atoms with Crippen molar-refractivity contribution in [3.63, 3.8) is 0 Å². The maximum atomic E-state index is 11.7. The van der Waals surface area contributed by atoms with Gasteiger partial charge in [0.05, 0.1) is 6.20 Å². The van der Waals surface area contributed by atoms with Crippen LogP contribution in [0.15, 0.2) is 53.9 Å². The average Bonchev–Trinajstić information content (AvgIpc) is 2.31. The number of aromatic nitrogens is 2. The van der Waals surface area contributed by atoms with Crippen LogP contribution in [0.25, 0.3) is 0 Å². The van der Waals surface area contributed by atoms with Crippen molar-refractivity contribution in [2.24, 2.45) is 0 Å². The van der Waals surface area contributed by atoms with Gasteiger partial charge in [-0.05, 0) is 24.3 Å². The zero-order valence-electron chi connectivity index (χ0n) is 8.15. The van der Waals surface area contributed by atoms with Crippen LogP contribution < -0.4 is 4.18 Å². The molecule has 0 aliphatic rings. The Morgan fingerprint density at radius 3 is 2.25 bits per heavy atom. The number of hydrogen-bond donors (Lipinski definition) is 0. The van der Waals surface area contributed by atoms with E-state index in [2.05, 4.69) is 9.97 Å². The van der Waals surface area contributed by atoms with E-state index in [0.717, 1.165) is 0 Å². The summed E-state index contributed by atoms with van der Waals surface area (Å²) in [6.45, 7) is 0. The summed E-state index contributed by atoms with van der Waals surface area (Å²) in [6, 6.07) is 6.05. The number of nitrogens with zero attached hydrogens (tertiary/aromatic N) is 2. The van der Waals surface area contributed by atoms with Crippen LogP contribution in [0.4, 0.5) is 0 Å². The maximum Gasteiger partial charge on any atom is 0.340 e. The Labute approximate surface area is 92.9 Å². The number of rotatable bonds is 3. The molecule has 0 fully saturated rings. The fourth-order valence-corrected chi connectivity index (χ4v) is 1.95. The predicted molar refractivity (Wildman–Crippen MR) is 56.3 cm³/mol. The van der Waals surface area contributed by atoms with Crippen molar-refractivity contribution in [3.05, 3.63) is 49.1 Å². The summed E-state index contributed by atoms with van der Waals surface area (Å²) in [7, 11) is -3.82. The highest BCUT2D eigenvalue weighted by molar-refractivity contribution is 7.87. The van der Waals surface area contributed by atoms with Gasteiger partial charge in [0, 0.05) is 18.6 Å². The Balaban J connectivity index is 2.29. The van der Waals surface area contributed by atoms with Crippen LogP contribution in [0.1, 0.15) is 0 Å². The Hall–Kier alpha value is -1.95. The Kier molecular flexibility index (Phi) is 2.82. The molecule has 16 heavy (non-hydrogen) atoms. The lowest BCUT2D eigenvalue weighted by Crippen LogP contribution is -2.09. The molecule has 0 aromatic carbocycles. The summed E-state index contributed by atoms with van der Waals surface area (Å²) in [5, 5.41) is 0. The van der Waals surface area contributed by atoms with Gasteiger partial charge in [-0.3, -0.25) is 9.97 Å². The second-order valence-corrected chi connectivity index (χ2v) is 4.46. The SMILES string of the molecule is O=S(=O)(Oc1cccnc1)c1cccnc1. The number of hydrogen-bond acceptors (Lipinski definition) is 5. The number of pyridine rings is 2. The van der Waals surface area contributed by atoms with Gasteiger partial charge >= 0.3 is 10.1 Å². The van der Waals surface area contributed by atoms with E-state index in [1.165, 1.54) is 43.0 Å². The molecule has 0 aliphatic heterocycles. The molecule has 0 unspecified atom stereocenters. The summed E-state index contributed by atoms with van der Waals surface area (Å²) in [5.41, 5.74) is 0. The second kappa shape index (κ2) is 4.28. The molecule has 0 radical (unpaired) electrons. The van der Waals surface area contributed by atoms with E-state index in [-0.39, 0.29) is 10.6 Å². The molecule has 0 spiro atoms. The molecule has 5 nitrogen and oxygen atoms in total. The molecular weight excluding hydrogens is 228 g/mol. The molecule has 0 aliphatic carbocycles. The molecule has 6 heteroatoms. The van der Waals surface area contributed by atoms with E-state index in [4.69, 9.17) is 4.18 Å². The van der Waals surface area contributed by atoms with Gasteiger partial charge in [0.1, 0.15) is 4.90 Å². The Bertz CT molecular complexity index is 555. The van der Waals surface area contributed by atoms with E-state index in [1.54, 1.807) is 6.07 Å². The standard InChI is InChI=1S/C10H8N2O3S/c13-16(14,10-4-2-6-12-8-10)15-9-3-1-5-11-7-9/h1-8H. The molecular formula is C10H8N2O3S. The van der Waals surface area contributed by atoms with Crippen LogP contribution in [0.5, 0.6) is 5.75 Å². The van der Waals surface area contributed by atoms with Crippen molar-refractivity contribution in [2.45, 2.75) is 4.90 Å². The molecule has 2 aromatic rings. The third-order valence-electron chi connectivity index (χ3n) is 1.76. The first-order chi connectivity index (χ1) is 7.68. The van der Waals surface area contributed by atoms with Crippen LogP contribution in [0.3, 0.4) is 0 Å². The van der Waals surface area contributed by atoms with E-state index >= 15 is 0 Å². The first-order valence-electron chi connectivity index (χ1n) is 4.43. The summed E-state index contributed by atoms with van der Waals surface area (Å²) in [6.07, 6.45) is 5.58. The van der Waals surface area contributed by atoms with Crippen LogP contribution >= 0.6 is 0 Å². The van der Waals surface area contributed by atoms with Gasteiger partial charge < -0.3 is 4.18 Å². The van der Waals surface area contributed by atoms with Crippen molar-refractivity contribution < 1.29 is 12.6 Å². The summed E-state index contributed by atoms with van der Waals surface area (Å²) >= 11 is 0. The third kappa shape index (κ3) is 2.34. The van der Waals surface area contributed by atoms with Gasteiger partial charge in [-0.1, -0.05) is 0 Å². The van der Waals surface area contributed by atoms with Crippen LogP contribution in [0, 0.1) is 0 Å². The molecule has 0 saturated heterocycles. The van der Waals surface area contributed by atoms with Crippen molar-refractivity contribution in [1.82, 2.24) is 9.97 Å². The van der Waals surface area contributed by atoms with E-state index in [9.17, 15) is 8.42 Å². The summed E-state index contributed by atoms with van der Waals surface area (Å²) in [5.74, 6) is 0.173. The lowest BCUT2D eigenvalue weighted by atomic mass is 10.5. The quantitative estimate of drug-likeness (QED) is 0.750. The van der Waals surface area contributed by atoms with Gasteiger partial charge in [0.2, 0.25) is 0 Å². The summed E-state index contributed by atoms with van der Waals surface area (Å²) in [4.78, 5) is 7.49. The normalized spacial score (nSPS) is 11.0. The molecule has 2 rings (SSSR count). The first-order valence-corrected chi connectivity index (χ1v) is 5.84. The van der Waals surface area contributed by atoms with Crippen LogP contribution in [0.2, 0.25) is 0 Å². The Morgan fingerprint density at radius 1 is 1.00 bits per heavy atom. The highest BCUT2D eigenvalue weighted by Gasteiger charge is 2.16. The molecule has 0 atom stereocenters. The van der Waals surface area contributed by atoms with Gasteiger partial charge in [-0.25, -0.2) is 0 Å². The van der Waals surface area contributed by atoms with Gasteiger partial charge in [0.25, 0.3) is 0 Å². The fourth-order valence-electron chi connectivity index (χ4n) is 1.07. The van der Waals surface area contributed by atoms with Gasteiger partial charge in [-0.15, -0.1) is 0 Å². The van der Waals surface area contributed by atoms with E-state index in [1.807, 2.05) is 0 Å². The van der Waals surface area contributed by atoms with Crippen molar-refractivity contribution in [3.8, 4) is 5.75 Å². The van der Waals surface area contributed by atoms with Crippen molar-refractivity contribution >= 4 is 10.1 Å². The lowest BCUT2D eigenvalue weighted by Gasteiger charge is -2.05. The summed E-state index contributed by atoms with van der Waals surface area (Å²) < 4.78 is 28.3. The maximum absolute atomic E-state index is 11.7. The van der Waals surface area contributed by atoms with Crippen molar-refractivity contribution in [2.75, 3.05) is 0 Å². The minimum atomic E-state index is -3.82. The molecule has 2 aromatic heterocycles. The van der Waals surface area contributed by atoms with Crippen molar-refractivity contribution in [1.29, 1.82) is 0 Å². The first kappa shape index (κ1) is 10.6. The zero-order valence-corrected chi connectivity index (χ0v) is 8.96. The van der Waals surface area contributed by atoms with Crippen LogP contribution in [-0.4, -0.2) is 18.4 Å².